The van der Waals surface area contributed by atoms with Crippen LogP contribution < -0.4 is 10.1 Å². The maximum Gasteiger partial charge on any atom is 0.238 e. The minimum absolute atomic E-state index is 0.196. The molecule has 1 aliphatic rings. The van der Waals surface area contributed by atoms with Crippen molar-refractivity contribution in [2.45, 2.75) is 23.1 Å². The predicted molar refractivity (Wildman–Crippen MR) is 93.4 cm³/mol. The van der Waals surface area contributed by atoms with Gasteiger partial charge in [0.2, 0.25) is 5.91 Å². The molecule has 0 radical (unpaired) electrons. The Bertz CT molecular complexity index is 701. The first-order valence-corrected chi connectivity index (χ1v) is 8.23. The van der Waals surface area contributed by atoms with Crippen LogP contribution in [0, 0.1) is 0 Å². The van der Waals surface area contributed by atoms with Crippen molar-refractivity contribution in [3.8, 4) is 5.75 Å². The first-order valence-electron chi connectivity index (χ1n) is 7.47. The molecule has 0 aliphatic heterocycles. The van der Waals surface area contributed by atoms with Gasteiger partial charge in [0.25, 0.3) is 0 Å². The Kier molecular flexibility index (Phi) is 4.26. The summed E-state index contributed by atoms with van der Waals surface area (Å²) < 4.78 is 4.31. The molecule has 1 N–H and O–H groups in total. The first kappa shape index (κ1) is 16.2. The Morgan fingerprint density at radius 3 is 2.26 bits per heavy atom. The molecule has 1 atom stereocenters. The fraction of sp³-hybridized carbons (Fsp3) is 0.278. The monoisotopic (exact) mass is 349 g/mol. The van der Waals surface area contributed by atoms with E-state index in [2.05, 4.69) is 5.32 Å². The second-order valence-corrected chi connectivity index (χ2v) is 7.05. The highest BCUT2D eigenvalue weighted by molar-refractivity contribution is 6.54. The van der Waals surface area contributed by atoms with E-state index in [9.17, 15) is 4.79 Å². The van der Waals surface area contributed by atoms with Crippen molar-refractivity contribution >= 4 is 34.8 Å². The van der Waals surface area contributed by atoms with Crippen molar-refractivity contribution in [1.82, 2.24) is 0 Å². The number of carbonyl (C=O) groups excluding carboxylic acids is 1. The molecular weight excluding hydrogens is 333 g/mol. The lowest BCUT2D eigenvalue weighted by Crippen LogP contribution is -2.32. The lowest BCUT2D eigenvalue weighted by Gasteiger charge is -2.18. The summed E-state index contributed by atoms with van der Waals surface area (Å²) in [6.45, 7) is 2.52. The van der Waals surface area contributed by atoms with Crippen molar-refractivity contribution in [2.75, 3.05) is 11.9 Å². The number of amides is 1. The zero-order chi connectivity index (χ0) is 16.5. The number of alkyl halides is 2. The summed E-state index contributed by atoms with van der Waals surface area (Å²) in [4.78, 5) is 12.8. The van der Waals surface area contributed by atoms with Crippen LogP contribution in [-0.2, 0) is 10.2 Å². The van der Waals surface area contributed by atoms with Gasteiger partial charge in [0.05, 0.1) is 6.61 Å². The van der Waals surface area contributed by atoms with Crippen LogP contribution in [0.4, 0.5) is 5.69 Å². The summed E-state index contributed by atoms with van der Waals surface area (Å²) in [5, 5.41) is 2.90. The lowest BCUT2D eigenvalue weighted by molar-refractivity contribution is -0.118. The van der Waals surface area contributed by atoms with Gasteiger partial charge in [-0.25, -0.2) is 0 Å². The highest BCUT2D eigenvalue weighted by Crippen LogP contribution is 2.65. The number of anilines is 1. The van der Waals surface area contributed by atoms with Gasteiger partial charge in [0.15, 0.2) is 0 Å². The van der Waals surface area contributed by atoms with Crippen LogP contribution in [0.2, 0.25) is 0 Å². The molecule has 120 valence electrons. The Labute approximate surface area is 145 Å². The number of hydrogen-bond donors (Lipinski definition) is 1. The van der Waals surface area contributed by atoms with E-state index in [1.165, 1.54) is 0 Å². The van der Waals surface area contributed by atoms with Crippen LogP contribution >= 0.6 is 23.2 Å². The van der Waals surface area contributed by atoms with Gasteiger partial charge in [-0.1, -0.05) is 30.3 Å². The summed E-state index contributed by atoms with van der Waals surface area (Å²) in [5.41, 5.74) is 0.605. The molecule has 0 bridgehead atoms. The van der Waals surface area contributed by atoms with Crippen molar-refractivity contribution in [1.29, 1.82) is 0 Å². The van der Waals surface area contributed by atoms with Gasteiger partial charge in [-0.2, -0.15) is 0 Å². The predicted octanol–water partition coefficient (Wildman–Crippen LogP) is 4.54. The minimum Gasteiger partial charge on any atom is -0.494 e. The molecule has 1 aliphatic carbocycles. The third-order valence-electron chi connectivity index (χ3n) is 4.06. The topological polar surface area (TPSA) is 38.3 Å². The molecule has 3 rings (SSSR count). The Balaban J connectivity index is 1.81. The molecule has 1 unspecified atom stereocenters. The van der Waals surface area contributed by atoms with Crippen molar-refractivity contribution < 1.29 is 9.53 Å². The third kappa shape index (κ3) is 2.91. The van der Waals surface area contributed by atoms with Crippen molar-refractivity contribution in [2.24, 2.45) is 0 Å². The average molecular weight is 350 g/mol. The Hall–Kier alpha value is -1.71. The van der Waals surface area contributed by atoms with E-state index in [0.29, 0.717) is 18.7 Å². The highest BCUT2D eigenvalue weighted by atomic mass is 35.5. The molecule has 5 heteroatoms. The second-order valence-electron chi connectivity index (χ2n) is 5.56. The van der Waals surface area contributed by atoms with Crippen LogP contribution in [0.25, 0.3) is 0 Å². The smallest absolute Gasteiger partial charge is 0.238 e. The molecule has 23 heavy (non-hydrogen) atoms. The molecule has 0 heterocycles. The van der Waals surface area contributed by atoms with E-state index in [1.54, 1.807) is 12.1 Å². The van der Waals surface area contributed by atoms with Crippen LogP contribution in [0.1, 0.15) is 18.9 Å². The summed E-state index contributed by atoms with van der Waals surface area (Å²) in [6, 6.07) is 16.6. The van der Waals surface area contributed by atoms with Gasteiger partial charge >= 0.3 is 0 Å². The Morgan fingerprint density at radius 2 is 1.74 bits per heavy atom. The maximum atomic E-state index is 12.8. The number of halogens is 2. The van der Waals surface area contributed by atoms with E-state index in [-0.39, 0.29) is 5.91 Å². The van der Waals surface area contributed by atoms with Gasteiger partial charge < -0.3 is 10.1 Å². The quantitative estimate of drug-likeness (QED) is 0.804. The SMILES string of the molecule is CCOc1ccc(NC(=O)C2(c3ccccc3)CC2(Cl)Cl)cc1. The fourth-order valence-corrected chi connectivity index (χ4v) is 3.53. The van der Waals surface area contributed by atoms with E-state index in [4.69, 9.17) is 27.9 Å². The standard InChI is InChI=1S/C18H17Cl2NO2/c1-2-23-15-10-8-14(9-11-15)21-16(22)17(12-18(17,19)20)13-6-4-3-5-7-13/h3-11H,2,12H2,1H3,(H,21,22). The summed E-state index contributed by atoms with van der Waals surface area (Å²) in [7, 11) is 0. The van der Waals surface area contributed by atoms with E-state index < -0.39 is 9.75 Å². The van der Waals surface area contributed by atoms with Crippen LogP contribution in [0.3, 0.4) is 0 Å². The fourth-order valence-electron chi connectivity index (χ4n) is 2.74. The number of benzene rings is 2. The molecule has 2 aromatic rings. The molecular formula is C18H17Cl2NO2. The van der Waals surface area contributed by atoms with Gasteiger partial charge in [-0.15, -0.1) is 23.2 Å². The largest absolute Gasteiger partial charge is 0.494 e. The zero-order valence-corrected chi connectivity index (χ0v) is 14.2. The van der Waals surface area contributed by atoms with Crippen molar-refractivity contribution in [3.63, 3.8) is 0 Å². The number of hydrogen-bond acceptors (Lipinski definition) is 2. The zero-order valence-electron chi connectivity index (χ0n) is 12.7. The van der Waals surface area contributed by atoms with E-state index in [0.717, 1.165) is 11.3 Å². The number of carbonyl (C=O) groups is 1. The van der Waals surface area contributed by atoms with E-state index in [1.807, 2.05) is 49.4 Å². The van der Waals surface area contributed by atoms with Gasteiger partial charge in [0.1, 0.15) is 15.5 Å². The summed E-state index contributed by atoms with van der Waals surface area (Å²) in [5.74, 6) is 0.566. The summed E-state index contributed by atoms with van der Waals surface area (Å²) in [6.07, 6.45) is 0.399. The second kappa shape index (κ2) is 6.06. The Morgan fingerprint density at radius 1 is 1.13 bits per heavy atom. The molecule has 2 aromatic carbocycles. The first-order chi connectivity index (χ1) is 11.0. The normalized spacial score (nSPS) is 21.5. The van der Waals surface area contributed by atoms with Gasteiger partial charge in [0, 0.05) is 12.1 Å². The highest BCUT2D eigenvalue weighted by Gasteiger charge is 2.72. The van der Waals surface area contributed by atoms with Crippen LogP contribution in [-0.4, -0.2) is 16.8 Å². The molecule has 3 nitrogen and oxygen atoms in total. The number of ether oxygens (including phenoxy) is 1. The number of nitrogens with one attached hydrogen (secondary N) is 1. The molecule has 1 saturated carbocycles. The van der Waals surface area contributed by atoms with Crippen LogP contribution in [0.15, 0.2) is 54.6 Å². The van der Waals surface area contributed by atoms with Crippen molar-refractivity contribution in [3.05, 3.63) is 60.2 Å². The lowest BCUT2D eigenvalue weighted by atomic mass is 9.94. The molecule has 1 amide bonds. The molecule has 1 fully saturated rings. The van der Waals surface area contributed by atoms with E-state index >= 15 is 0 Å². The van der Waals surface area contributed by atoms with Crippen LogP contribution in [0.5, 0.6) is 5.75 Å². The maximum absolute atomic E-state index is 12.8. The third-order valence-corrected chi connectivity index (χ3v) is 4.98. The average Bonchev–Trinajstić information content (AvgIpc) is 3.14. The molecule has 0 saturated heterocycles. The molecule has 0 spiro atoms. The van der Waals surface area contributed by atoms with Gasteiger partial charge in [-0.3, -0.25) is 4.79 Å². The number of rotatable bonds is 5. The van der Waals surface area contributed by atoms with Gasteiger partial charge in [-0.05, 0) is 36.8 Å². The molecule has 0 aromatic heterocycles. The minimum atomic E-state index is -1.08. The summed E-state index contributed by atoms with van der Waals surface area (Å²) >= 11 is 12.6.